The Bertz CT molecular complexity index is 1390. The quantitative estimate of drug-likeness (QED) is 0.232. The minimum atomic E-state index is -0.896. The Labute approximate surface area is 289 Å². The largest absolute Gasteiger partial charge is 0.455 e. The lowest BCUT2D eigenvalue weighted by Crippen LogP contribution is -2.59. The number of rotatable bonds is 16. The van der Waals surface area contributed by atoms with E-state index < -0.39 is 17.5 Å². The van der Waals surface area contributed by atoms with Crippen LogP contribution in [0, 0.1) is 17.3 Å². The molecular weight excluding hydrogens is 628 g/mol. The number of carbonyl (C=O) groups excluding carboxylic acids is 4. The molecule has 0 unspecified atom stereocenters. The summed E-state index contributed by atoms with van der Waals surface area (Å²) in [5.74, 6) is -0.378. The highest BCUT2D eigenvalue weighted by molar-refractivity contribution is 7.09. The first kappa shape index (κ1) is 37.7. The predicted molar refractivity (Wildman–Crippen MR) is 187 cm³/mol. The topological polar surface area (TPSA) is 118 Å². The van der Waals surface area contributed by atoms with Crippen LogP contribution in [0.25, 0.3) is 0 Å². The average Bonchev–Trinajstić information content (AvgIpc) is 3.51. The number of carbonyl (C=O) groups is 4. The number of nitrogens with one attached hydrogen (secondary N) is 1. The highest BCUT2D eigenvalue weighted by Gasteiger charge is 2.51. The van der Waals surface area contributed by atoms with Crippen molar-refractivity contribution in [2.75, 3.05) is 33.9 Å². The number of amides is 2. The molecule has 2 amide bonds. The minimum Gasteiger partial charge on any atom is -0.455 e. The molecule has 2 saturated heterocycles. The van der Waals surface area contributed by atoms with Crippen LogP contribution in [0.3, 0.4) is 0 Å². The molecule has 0 aliphatic carbocycles. The lowest BCUT2D eigenvalue weighted by Gasteiger charge is -2.45. The van der Waals surface area contributed by atoms with Crippen LogP contribution in [-0.4, -0.2) is 90.3 Å². The molecule has 0 radical (unpaired) electrons. The van der Waals surface area contributed by atoms with Crippen molar-refractivity contribution in [3.63, 3.8) is 0 Å². The summed E-state index contributed by atoms with van der Waals surface area (Å²) in [4.78, 5) is 61.8. The van der Waals surface area contributed by atoms with Crippen LogP contribution in [0.15, 0.2) is 35.7 Å². The van der Waals surface area contributed by atoms with Crippen molar-refractivity contribution >= 4 is 34.9 Å². The summed E-state index contributed by atoms with van der Waals surface area (Å²) in [5.41, 5.74) is 0.528. The maximum atomic E-state index is 14.1. The van der Waals surface area contributed by atoms with E-state index in [4.69, 9.17) is 9.47 Å². The fourth-order valence-corrected chi connectivity index (χ4v) is 7.90. The van der Waals surface area contributed by atoms with E-state index in [0.717, 1.165) is 37.8 Å². The zero-order valence-electron chi connectivity index (χ0n) is 29.7. The highest BCUT2D eigenvalue weighted by Crippen LogP contribution is 2.38. The van der Waals surface area contributed by atoms with Crippen molar-refractivity contribution in [2.24, 2.45) is 17.3 Å². The monoisotopic (exact) mass is 682 g/mol. The van der Waals surface area contributed by atoms with Crippen molar-refractivity contribution in [2.45, 2.75) is 104 Å². The van der Waals surface area contributed by atoms with Crippen LogP contribution in [0.4, 0.5) is 0 Å². The van der Waals surface area contributed by atoms with E-state index in [-0.39, 0.29) is 67.0 Å². The molecule has 2 aliphatic rings. The van der Waals surface area contributed by atoms with Gasteiger partial charge in [0.05, 0.1) is 19.3 Å². The molecule has 3 heterocycles. The lowest BCUT2D eigenvalue weighted by molar-refractivity contribution is -0.179. The molecule has 1 N–H and O–H groups in total. The number of aromatic nitrogens is 1. The Hall–Kier alpha value is -3.15. The zero-order chi connectivity index (χ0) is 35.0. The van der Waals surface area contributed by atoms with Crippen LogP contribution in [0.2, 0.25) is 0 Å². The van der Waals surface area contributed by atoms with Gasteiger partial charge in [0.25, 0.3) is 5.91 Å². The Balaban J connectivity index is 1.48. The second-order valence-electron chi connectivity index (χ2n) is 14.5. The number of benzene rings is 1. The fourth-order valence-electron chi connectivity index (χ4n) is 7.06. The number of Topliss-reactive ketones (excluding diaryl/α,β-unsaturated/α-hetero) is 1. The van der Waals surface area contributed by atoms with E-state index in [9.17, 15) is 19.2 Å². The molecule has 2 aliphatic heterocycles. The van der Waals surface area contributed by atoms with Gasteiger partial charge in [0.2, 0.25) is 5.91 Å². The van der Waals surface area contributed by atoms with Crippen LogP contribution in [-0.2, 0) is 30.3 Å². The summed E-state index contributed by atoms with van der Waals surface area (Å²) in [6, 6.07) is 9.53. The van der Waals surface area contributed by atoms with Crippen LogP contribution in [0.1, 0.15) is 100 Å². The second kappa shape index (κ2) is 17.0. The van der Waals surface area contributed by atoms with Crippen LogP contribution >= 0.6 is 11.3 Å². The summed E-state index contributed by atoms with van der Waals surface area (Å²) in [6.07, 6.45) is 4.13. The van der Waals surface area contributed by atoms with E-state index in [1.807, 2.05) is 39.1 Å². The lowest BCUT2D eigenvalue weighted by atomic mass is 9.76. The maximum absolute atomic E-state index is 14.1. The van der Waals surface area contributed by atoms with E-state index in [0.29, 0.717) is 23.8 Å². The molecule has 48 heavy (non-hydrogen) atoms. The van der Waals surface area contributed by atoms with Gasteiger partial charge in [-0.2, -0.15) is 0 Å². The van der Waals surface area contributed by atoms with Gasteiger partial charge >= 0.3 is 5.97 Å². The minimum absolute atomic E-state index is 0.00717. The molecule has 2 aromatic rings. The standard InChI is InChI=1S/C37H54N4O6S/c1-24(2)17-28(18-27-13-9-8-10-14-27)38-34(44)29-21-48-35(39-29)33(47-26(5)42)19-31(25(3)4)41(7)36(45)37(22-46-23-37)20-32(43)30-15-11-12-16-40(30)6/h8-10,13-14,21,24-25,28,30-31,33H,11-12,15-20,22-23H2,1-7H3,(H,38,44)/t28-,30-,31-,33-/m1/s1. The number of thiazole rings is 1. The Kier molecular flexibility index (Phi) is 13.3. The molecule has 1 aromatic carbocycles. The molecule has 0 saturated carbocycles. The van der Waals surface area contributed by atoms with E-state index in [1.165, 1.54) is 18.3 Å². The summed E-state index contributed by atoms with van der Waals surface area (Å²) in [5, 5.41) is 5.37. The third-order valence-electron chi connectivity index (χ3n) is 9.66. The van der Waals surface area contributed by atoms with Gasteiger partial charge in [-0.05, 0) is 56.7 Å². The number of ether oxygens (including phenoxy) is 2. The van der Waals surface area contributed by atoms with Crippen molar-refractivity contribution in [1.82, 2.24) is 20.1 Å². The number of hydrogen-bond acceptors (Lipinski definition) is 9. The molecule has 10 nitrogen and oxygen atoms in total. The molecule has 4 atom stereocenters. The summed E-state index contributed by atoms with van der Waals surface area (Å²) < 4.78 is 11.3. The predicted octanol–water partition coefficient (Wildman–Crippen LogP) is 5.47. The van der Waals surface area contributed by atoms with Gasteiger partial charge in [-0.25, -0.2) is 4.98 Å². The number of likely N-dealkylation sites (N-methyl/N-ethyl adjacent to an activating group) is 1. The number of likely N-dealkylation sites (tertiary alicyclic amines) is 1. The fraction of sp³-hybridized carbons (Fsp3) is 0.649. The highest BCUT2D eigenvalue weighted by atomic mass is 32.1. The first-order chi connectivity index (χ1) is 22.8. The van der Waals surface area contributed by atoms with Crippen molar-refractivity contribution in [3.8, 4) is 0 Å². The average molecular weight is 683 g/mol. The Morgan fingerprint density at radius 1 is 1.10 bits per heavy atom. The number of ketones is 1. The molecule has 11 heteroatoms. The van der Waals surface area contributed by atoms with Crippen molar-refractivity contribution < 1.29 is 28.7 Å². The Morgan fingerprint density at radius 3 is 2.40 bits per heavy atom. The van der Waals surface area contributed by atoms with E-state index in [2.05, 4.69) is 41.2 Å². The molecule has 2 fully saturated rings. The number of piperidine rings is 1. The molecule has 4 rings (SSSR count). The smallest absolute Gasteiger partial charge is 0.303 e. The first-order valence-electron chi connectivity index (χ1n) is 17.3. The first-order valence-corrected chi connectivity index (χ1v) is 18.2. The summed E-state index contributed by atoms with van der Waals surface area (Å²) in [7, 11) is 3.74. The number of esters is 1. The van der Waals surface area contributed by atoms with Gasteiger partial charge in [0.15, 0.2) is 11.9 Å². The zero-order valence-corrected chi connectivity index (χ0v) is 30.5. The SMILES string of the molecule is CC(=O)O[C@H](C[C@H](C(C)C)N(C)C(=O)C1(CC(=O)[C@H]2CCCCN2C)COC1)c1nc(C(=O)N[C@@H](Cc2ccccc2)CC(C)C)cs1. The third-order valence-corrected chi connectivity index (χ3v) is 10.6. The number of hydrogen-bond donors (Lipinski definition) is 1. The van der Waals surface area contributed by atoms with Gasteiger partial charge in [-0.15, -0.1) is 11.3 Å². The van der Waals surface area contributed by atoms with Crippen LogP contribution in [0.5, 0.6) is 0 Å². The van der Waals surface area contributed by atoms with Gasteiger partial charge in [-0.3, -0.25) is 24.1 Å². The third kappa shape index (κ3) is 9.72. The van der Waals surface area contributed by atoms with Gasteiger partial charge in [0, 0.05) is 44.3 Å². The molecule has 0 spiro atoms. The van der Waals surface area contributed by atoms with Gasteiger partial charge in [0.1, 0.15) is 16.1 Å². The van der Waals surface area contributed by atoms with Crippen molar-refractivity contribution in [1.29, 1.82) is 0 Å². The van der Waals surface area contributed by atoms with E-state index in [1.54, 1.807) is 17.3 Å². The van der Waals surface area contributed by atoms with Gasteiger partial charge in [-0.1, -0.05) is 64.4 Å². The summed E-state index contributed by atoms with van der Waals surface area (Å²) in [6.45, 7) is 11.0. The molecule has 1 aromatic heterocycles. The molecule has 264 valence electrons. The van der Waals surface area contributed by atoms with Crippen molar-refractivity contribution in [3.05, 3.63) is 52.0 Å². The normalized spacial score (nSPS) is 19.6. The second-order valence-corrected chi connectivity index (χ2v) is 15.4. The Morgan fingerprint density at radius 2 is 1.81 bits per heavy atom. The number of nitrogens with zero attached hydrogens (tertiary/aromatic N) is 3. The molecular formula is C37H54N4O6S. The maximum Gasteiger partial charge on any atom is 0.303 e. The van der Waals surface area contributed by atoms with E-state index >= 15 is 0 Å². The summed E-state index contributed by atoms with van der Waals surface area (Å²) >= 11 is 1.27. The molecule has 0 bridgehead atoms. The van der Waals surface area contributed by atoms with Gasteiger partial charge < -0.3 is 19.7 Å². The van der Waals surface area contributed by atoms with Crippen LogP contribution < -0.4 is 5.32 Å².